The highest BCUT2D eigenvalue weighted by Gasteiger charge is 2.35. The highest BCUT2D eigenvalue weighted by Crippen LogP contribution is 2.34. The van der Waals surface area contributed by atoms with E-state index in [2.05, 4.69) is 0 Å². The van der Waals surface area contributed by atoms with Crippen molar-refractivity contribution in [2.24, 2.45) is 0 Å². The first kappa shape index (κ1) is 23.1. The van der Waals surface area contributed by atoms with Gasteiger partial charge in [0.25, 0.3) is 11.1 Å². The van der Waals surface area contributed by atoms with Crippen LogP contribution in [0.1, 0.15) is 16.7 Å². The molecule has 1 aliphatic heterocycles. The highest BCUT2D eigenvalue weighted by atomic mass is 35.5. The van der Waals surface area contributed by atoms with Crippen LogP contribution in [-0.2, 0) is 21.5 Å². The van der Waals surface area contributed by atoms with Crippen molar-refractivity contribution in [2.45, 2.75) is 18.4 Å². The summed E-state index contributed by atoms with van der Waals surface area (Å²) in [5.41, 5.74) is 2.24. The molecule has 33 heavy (non-hydrogen) atoms. The van der Waals surface area contributed by atoms with E-state index in [1.165, 1.54) is 24.3 Å². The van der Waals surface area contributed by atoms with Gasteiger partial charge < -0.3 is 4.18 Å². The summed E-state index contributed by atoms with van der Waals surface area (Å²) in [6, 6.07) is 19.6. The van der Waals surface area contributed by atoms with Gasteiger partial charge in [0.1, 0.15) is 10.6 Å². The lowest BCUT2D eigenvalue weighted by atomic mass is 10.2. The minimum absolute atomic E-state index is 0.0596. The molecular formula is C24H18ClNO5S2. The fourth-order valence-corrected chi connectivity index (χ4v) is 5.05. The number of halogens is 1. The van der Waals surface area contributed by atoms with Gasteiger partial charge in [-0.3, -0.25) is 14.5 Å². The fourth-order valence-electron chi connectivity index (χ4n) is 3.08. The van der Waals surface area contributed by atoms with Gasteiger partial charge in [0.05, 0.1) is 11.4 Å². The maximum absolute atomic E-state index is 12.7. The second-order valence-electron chi connectivity index (χ2n) is 7.28. The first-order valence-electron chi connectivity index (χ1n) is 9.83. The normalized spacial score (nSPS) is 15.3. The van der Waals surface area contributed by atoms with Crippen molar-refractivity contribution in [1.82, 2.24) is 4.90 Å². The molecule has 0 bridgehead atoms. The quantitative estimate of drug-likeness (QED) is 0.322. The van der Waals surface area contributed by atoms with Gasteiger partial charge in [0.15, 0.2) is 0 Å². The van der Waals surface area contributed by atoms with Crippen LogP contribution < -0.4 is 4.18 Å². The number of thioether (sulfide) groups is 1. The van der Waals surface area contributed by atoms with Crippen molar-refractivity contribution < 1.29 is 22.2 Å². The Morgan fingerprint density at radius 2 is 1.64 bits per heavy atom. The van der Waals surface area contributed by atoms with Crippen LogP contribution >= 0.6 is 23.4 Å². The van der Waals surface area contributed by atoms with Crippen LogP contribution in [0.25, 0.3) is 6.08 Å². The Kier molecular flexibility index (Phi) is 6.60. The highest BCUT2D eigenvalue weighted by molar-refractivity contribution is 8.18. The topological polar surface area (TPSA) is 80.8 Å². The van der Waals surface area contributed by atoms with Crippen molar-refractivity contribution in [3.63, 3.8) is 0 Å². The van der Waals surface area contributed by atoms with E-state index in [4.69, 9.17) is 15.8 Å². The molecule has 0 atom stereocenters. The number of hydrogen-bond acceptors (Lipinski definition) is 6. The molecule has 0 radical (unpaired) electrons. The molecule has 0 saturated carbocycles. The van der Waals surface area contributed by atoms with Crippen LogP contribution in [0.3, 0.4) is 0 Å². The molecule has 2 amide bonds. The van der Waals surface area contributed by atoms with Gasteiger partial charge in [-0.25, -0.2) is 0 Å². The number of aryl methyl sites for hydroxylation is 1. The second kappa shape index (κ2) is 9.43. The summed E-state index contributed by atoms with van der Waals surface area (Å²) in [5, 5.41) is 0.104. The van der Waals surface area contributed by atoms with Crippen LogP contribution in [0.2, 0.25) is 5.02 Å². The van der Waals surface area contributed by atoms with Crippen molar-refractivity contribution in [3.8, 4) is 5.75 Å². The van der Waals surface area contributed by atoms with Gasteiger partial charge in [-0.05, 0) is 66.2 Å². The van der Waals surface area contributed by atoms with Gasteiger partial charge in [-0.2, -0.15) is 8.42 Å². The molecule has 0 aromatic heterocycles. The summed E-state index contributed by atoms with van der Waals surface area (Å²) in [6.45, 7) is 1.95. The van der Waals surface area contributed by atoms with E-state index in [0.29, 0.717) is 16.1 Å². The van der Waals surface area contributed by atoms with E-state index in [-0.39, 0.29) is 27.3 Å². The van der Waals surface area contributed by atoms with Gasteiger partial charge in [-0.15, -0.1) is 0 Å². The molecule has 4 rings (SSSR count). The summed E-state index contributed by atoms with van der Waals surface area (Å²) >= 11 is 6.99. The molecule has 1 saturated heterocycles. The molecule has 1 fully saturated rings. The summed E-state index contributed by atoms with van der Waals surface area (Å²) in [4.78, 5) is 26.6. The van der Waals surface area contributed by atoms with Crippen LogP contribution in [-0.4, -0.2) is 24.5 Å². The van der Waals surface area contributed by atoms with Crippen LogP contribution in [0.4, 0.5) is 4.79 Å². The molecule has 0 spiro atoms. The van der Waals surface area contributed by atoms with Gasteiger partial charge >= 0.3 is 10.1 Å². The van der Waals surface area contributed by atoms with E-state index < -0.39 is 16.0 Å². The Labute approximate surface area is 200 Å². The Balaban J connectivity index is 1.47. The van der Waals surface area contributed by atoms with Gasteiger partial charge in [-0.1, -0.05) is 59.6 Å². The largest absolute Gasteiger partial charge is 0.379 e. The number of rotatable bonds is 6. The molecule has 0 aliphatic carbocycles. The Morgan fingerprint density at radius 3 is 2.30 bits per heavy atom. The van der Waals surface area contributed by atoms with E-state index in [9.17, 15) is 18.0 Å². The van der Waals surface area contributed by atoms with Crippen molar-refractivity contribution in [2.75, 3.05) is 0 Å². The number of carbonyl (C=O) groups excluding carboxylic acids is 2. The monoisotopic (exact) mass is 499 g/mol. The van der Waals surface area contributed by atoms with Gasteiger partial charge in [0, 0.05) is 5.02 Å². The fraction of sp³-hybridized carbons (Fsp3) is 0.0833. The number of hydrogen-bond donors (Lipinski definition) is 0. The number of amides is 2. The van der Waals surface area contributed by atoms with Crippen molar-refractivity contribution in [3.05, 3.63) is 99.4 Å². The number of imide groups is 1. The first-order valence-corrected chi connectivity index (χ1v) is 12.4. The predicted molar refractivity (Wildman–Crippen MR) is 128 cm³/mol. The molecule has 9 heteroatoms. The summed E-state index contributed by atoms with van der Waals surface area (Å²) in [5.74, 6) is -0.272. The third-order valence-electron chi connectivity index (χ3n) is 4.85. The summed E-state index contributed by atoms with van der Waals surface area (Å²) < 4.78 is 30.1. The lowest BCUT2D eigenvalue weighted by molar-refractivity contribution is -0.123. The van der Waals surface area contributed by atoms with Crippen molar-refractivity contribution in [1.29, 1.82) is 0 Å². The summed E-state index contributed by atoms with van der Waals surface area (Å²) in [6.07, 6.45) is 1.58. The number of benzene rings is 3. The molecule has 1 aliphatic rings. The maximum atomic E-state index is 12.7. The smallest absolute Gasteiger partial charge is 0.339 e. The van der Waals surface area contributed by atoms with Crippen LogP contribution in [0.5, 0.6) is 5.75 Å². The average Bonchev–Trinajstić information content (AvgIpc) is 3.04. The van der Waals surface area contributed by atoms with E-state index in [1.807, 2.05) is 6.92 Å². The Morgan fingerprint density at radius 1 is 0.970 bits per heavy atom. The maximum Gasteiger partial charge on any atom is 0.339 e. The van der Waals surface area contributed by atoms with E-state index >= 15 is 0 Å². The van der Waals surface area contributed by atoms with E-state index in [1.54, 1.807) is 54.6 Å². The third kappa shape index (κ3) is 5.30. The minimum Gasteiger partial charge on any atom is -0.379 e. The second-order valence-corrected chi connectivity index (χ2v) is 10.2. The molecule has 0 unspecified atom stereocenters. The third-order valence-corrected chi connectivity index (χ3v) is 7.39. The lowest BCUT2D eigenvalue weighted by Gasteiger charge is -2.13. The lowest BCUT2D eigenvalue weighted by Crippen LogP contribution is -2.27. The Hall–Kier alpha value is -3.07. The molecule has 1 heterocycles. The molecule has 3 aromatic carbocycles. The average molecular weight is 500 g/mol. The zero-order valence-electron chi connectivity index (χ0n) is 17.4. The standard InChI is InChI=1S/C24H18ClNO5S2/c1-16-6-12-20(13-7-16)33(29,30)31-19-10-8-17(9-11-19)14-22-23(27)26(24(28)32-22)15-18-4-2-3-5-21(18)25/h2-14H,15H2,1H3/b22-14-. The van der Waals surface area contributed by atoms with Crippen molar-refractivity contribution >= 4 is 50.7 Å². The minimum atomic E-state index is -3.96. The molecule has 3 aromatic rings. The number of carbonyl (C=O) groups is 2. The Bertz CT molecular complexity index is 1350. The summed E-state index contributed by atoms with van der Waals surface area (Å²) in [7, 11) is -3.96. The number of nitrogens with zero attached hydrogens (tertiary/aromatic N) is 1. The zero-order valence-corrected chi connectivity index (χ0v) is 19.8. The predicted octanol–water partition coefficient (Wildman–Crippen LogP) is 5.65. The SMILES string of the molecule is Cc1ccc(S(=O)(=O)Oc2ccc(/C=C3\SC(=O)N(Cc4ccccc4Cl)C3=O)cc2)cc1. The van der Waals surface area contributed by atoms with Gasteiger partial charge in [0.2, 0.25) is 0 Å². The molecule has 168 valence electrons. The molecular weight excluding hydrogens is 482 g/mol. The zero-order chi connectivity index (χ0) is 23.6. The first-order chi connectivity index (χ1) is 15.7. The van der Waals surface area contributed by atoms with Crippen LogP contribution in [0.15, 0.2) is 82.6 Å². The molecule has 0 N–H and O–H groups in total. The molecule has 6 nitrogen and oxygen atoms in total. The van der Waals surface area contributed by atoms with E-state index in [0.717, 1.165) is 22.2 Å². The van der Waals surface area contributed by atoms with Crippen LogP contribution in [0, 0.1) is 6.92 Å².